The van der Waals surface area contributed by atoms with Gasteiger partial charge in [0.1, 0.15) is 12.1 Å². The smallest absolute Gasteiger partial charge is 0.411 e. The molecule has 0 aliphatic heterocycles. The van der Waals surface area contributed by atoms with E-state index in [2.05, 4.69) is 41.1 Å². The summed E-state index contributed by atoms with van der Waals surface area (Å²) < 4.78 is 19.7. The van der Waals surface area contributed by atoms with Crippen LogP contribution in [0.3, 0.4) is 0 Å². The lowest BCUT2D eigenvalue weighted by molar-refractivity contribution is -0.117. The number of hydrogen-bond acceptors (Lipinski definition) is 8. The number of methoxy groups -OCH3 is 1. The summed E-state index contributed by atoms with van der Waals surface area (Å²) in [6.45, 7) is 0. The Kier molecular flexibility index (Phi) is 9.08. The molecule has 3 aromatic carbocycles. The fourth-order valence-corrected chi connectivity index (χ4v) is 4.42. The van der Waals surface area contributed by atoms with Crippen LogP contribution in [0.2, 0.25) is 5.02 Å². The maximum absolute atomic E-state index is 13.6. The predicted molar refractivity (Wildman–Crippen MR) is 158 cm³/mol. The van der Waals surface area contributed by atoms with E-state index in [0.29, 0.717) is 34.1 Å². The molecule has 13 heteroatoms. The van der Waals surface area contributed by atoms with Crippen molar-refractivity contribution in [2.24, 2.45) is 0 Å². The van der Waals surface area contributed by atoms with E-state index in [0.717, 1.165) is 16.7 Å². The second kappa shape index (κ2) is 13.4. The molecule has 5 rings (SSSR count). The van der Waals surface area contributed by atoms with Gasteiger partial charge in [0.2, 0.25) is 5.91 Å². The third-order valence-corrected chi connectivity index (χ3v) is 6.58. The van der Waals surface area contributed by atoms with E-state index < -0.39 is 18.0 Å². The van der Waals surface area contributed by atoms with Crippen LogP contribution in [0, 0.1) is 5.82 Å². The Hall–Kier alpha value is -5.49. The summed E-state index contributed by atoms with van der Waals surface area (Å²) >= 11 is 6.20. The highest BCUT2D eigenvalue weighted by Gasteiger charge is 2.18. The summed E-state index contributed by atoms with van der Waals surface area (Å²) in [5.74, 6) is -0.765. The summed E-state index contributed by atoms with van der Waals surface area (Å²) in [5.41, 5.74) is 4.66. The average Bonchev–Trinajstić information content (AvgIpc) is 3.56. The van der Waals surface area contributed by atoms with Gasteiger partial charge < -0.3 is 10.1 Å². The molecule has 0 spiro atoms. The maximum Gasteiger partial charge on any atom is 0.411 e. The second-order valence-corrected chi connectivity index (χ2v) is 9.68. The van der Waals surface area contributed by atoms with Crippen molar-refractivity contribution in [2.45, 2.75) is 12.5 Å². The van der Waals surface area contributed by atoms with Crippen molar-refractivity contribution in [3.05, 3.63) is 119 Å². The fourth-order valence-electron chi connectivity index (χ4n) is 4.24. The monoisotopic (exact) mass is 598 g/mol. The van der Waals surface area contributed by atoms with Gasteiger partial charge in [-0.15, -0.1) is 5.10 Å². The zero-order chi connectivity index (χ0) is 30.2. The molecule has 2 aromatic heterocycles. The number of anilines is 1. The van der Waals surface area contributed by atoms with Gasteiger partial charge in [-0.1, -0.05) is 35.9 Å². The van der Waals surface area contributed by atoms with Crippen LogP contribution in [0.15, 0.2) is 91.4 Å². The van der Waals surface area contributed by atoms with E-state index in [1.807, 2.05) is 18.2 Å². The third-order valence-electron chi connectivity index (χ3n) is 6.35. The number of halogens is 2. The van der Waals surface area contributed by atoms with E-state index in [9.17, 15) is 14.0 Å². The van der Waals surface area contributed by atoms with Gasteiger partial charge in [0.05, 0.1) is 30.7 Å². The number of benzene rings is 3. The normalized spacial score (nSPS) is 11.7. The number of amides is 2. The van der Waals surface area contributed by atoms with E-state index >= 15 is 0 Å². The van der Waals surface area contributed by atoms with E-state index in [-0.39, 0.29) is 5.82 Å². The molecule has 43 heavy (non-hydrogen) atoms. The first kappa shape index (κ1) is 29.0. The van der Waals surface area contributed by atoms with Crippen LogP contribution in [-0.2, 0) is 16.0 Å². The van der Waals surface area contributed by atoms with E-state index in [1.165, 1.54) is 36.3 Å². The van der Waals surface area contributed by atoms with Crippen molar-refractivity contribution < 1.29 is 18.7 Å². The van der Waals surface area contributed by atoms with Gasteiger partial charge in [0.15, 0.2) is 0 Å². The SMILES string of the molecule is COC(=O)Nc1ccc(-c2cnnc(C(Cc3ccc(F)cc3)NC(=O)/C=C/c3cc(Cl)ccc3-n3cnnn3)c2)cc1. The summed E-state index contributed by atoms with van der Waals surface area (Å²) in [6.07, 6.45) is 5.78. The topological polar surface area (TPSA) is 137 Å². The van der Waals surface area contributed by atoms with Gasteiger partial charge in [0, 0.05) is 27.9 Å². The van der Waals surface area contributed by atoms with E-state index in [4.69, 9.17) is 11.6 Å². The van der Waals surface area contributed by atoms with Crippen LogP contribution < -0.4 is 10.6 Å². The molecule has 1 unspecified atom stereocenters. The minimum atomic E-state index is -0.603. The van der Waals surface area contributed by atoms with Gasteiger partial charge in [-0.25, -0.2) is 9.18 Å². The molecule has 11 nitrogen and oxygen atoms in total. The van der Waals surface area contributed by atoms with Crippen molar-refractivity contribution in [3.8, 4) is 16.8 Å². The molecule has 2 heterocycles. The zero-order valence-corrected chi connectivity index (χ0v) is 23.4. The second-order valence-electron chi connectivity index (χ2n) is 9.25. The Morgan fingerprint density at radius 3 is 2.53 bits per heavy atom. The highest BCUT2D eigenvalue weighted by Crippen LogP contribution is 2.25. The number of hydrogen-bond donors (Lipinski definition) is 2. The van der Waals surface area contributed by atoms with Crippen molar-refractivity contribution >= 4 is 35.4 Å². The van der Waals surface area contributed by atoms with Crippen molar-refractivity contribution in [1.82, 2.24) is 35.7 Å². The molecule has 2 N–H and O–H groups in total. The zero-order valence-electron chi connectivity index (χ0n) is 22.7. The average molecular weight is 599 g/mol. The van der Waals surface area contributed by atoms with Gasteiger partial charge in [0.25, 0.3) is 0 Å². The molecular formula is C30H24ClFN8O3. The molecular weight excluding hydrogens is 575 g/mol. The molecule has 216 valence electrons. The lowest BCUT2D eigenvalue weighted by atomic mass is 10.00. The van der Waals surface area contributed by atoms with Gasteiger partial charge in [-0.3, -0.25) is 10.1 Å². The lowest BCUT2D eigenvalue weighted by Gasteiger charge is -2.18. The fraction of sp³-hybridized carbons (Fsp3) is 0.100. The quantitative estimate of drug-likeness (QED) is 0.221. The minimum Gasteiger partial charge on any atom is -0.453 e. The third kappa shape index (κ3) is 7.63. The van der Waals surface area contributed by atoms with Crippen LogP contribution in [0.1, 0.15) is 22.9 Å². The van der Waals surface area contributed by atoms with Crippen LogP contribution in [-0.4, -0.2) is 49.5 Å². The molecule has 0 bridgehead atoms. The number of nitrogens with zero attached hydrogens (tertiary/aromatic N) is 6. The Labute approximate surface area is 250 Å². The molecule has 2 amide bonds. The molecule has 0 saturated heterocycles. The van der Waals surface area contributed by atoms with Gasteiger partial charge in [-0.2, -0.15) is 14.9 Å². The minimum absolute atomic E-state index is 0.326. The first-order chi connectivity index (χ1) is 20.9. The molecule has 1 atom stereocenters. The molecule has 0 radical (unpaired) electrons. The molecule has 0 aliphatic carbocycles. The number of tetrazole rings is 1. The number of aromatic nitrogens is 6. The first-order valence-electron chi connectivity index (χ1n) is 12.9. The first-order valence-corrected chi connectivity index (χ1v) is 13.3. The number of ether oxygens (including phenoxy) is 1. The molecule has 0 fully saturated rings. The number of rotatable bonds is 9. The van der Waals surface area contributed by atoms with Crippen molar-refractivity contribution in [1.29, 1.82) is 0 Å². The van der Waals surface area contributed by atoms with Gasteiger partial charge in [-0.05, 0) is 82.6 Å². The number of carbonyl (C=O) groups is 2. The van der Waals surface area contributed by atoms with Gasteiger partial charge >= 0.3 is 6.09 Å². The van der Waals surface area contributed by atoms with Crippen LogP contribution >= 0.6 is 11.6 Å². The Morgan fingerprint density at radius 1 is 1.02 bits per heavy atom. The largest absolute Gasteiger partial charge is 0.453 e. The highest BCUT2D eigenvalue weighted by molar-refractivity contribution is 6.30. The Balaban J connectivity index is 1.40. The van der Waals surface area contributed by atoms with Crippen molar-refractivity contribution in [2.75, 3.05) is 12.4 Å². The van der Waals surface area contributed by atoms with Crippen LogP contribution in [0.4, 0.5) is 14.9 Å². The molecule has 0 aliphatic rings. The molecule has 0 saturated carbocycles. The Morgan fingerprint density at radius 2 is 1.81 bits per heavy atom. The highest BCUT2D eigenvalue weighted by atomic mass is 35.5. The lowest BCUT2D eigenvalue weighted by Crippen LogP contribution is -2.29. The van der Waals surface area contributed by atoms with E-state index in [1.54, 1.807) is 54.7 Å². The Bertz CT molecular complexity index is 1750. The summed E-state index contributed by atoms with van der Waals surface area (Å²) in [6, 6.07) is 19.5. The predicted octanol–water partition coefficient (Wildman–Crippen LogP) is 5.20. The standard InChI is InChI=1S/C30H24ClFN8O3/c1-43-30(42)35-25-10-4-20(5-11-25)22-16-27(37-33-17-22)26(14-19-2-8-24(32)9-3-19)36-29(41)13-6-21-15-23(31)7-12-28(21)40-18-34-38-39-40/h2-13,15-18,26H,14H2,1H3,(H,35,42)(H,36,41)/b13-6+. The van der Waals surface area contributed by atoms with Crippen molar-refractivity contribution in [3.63, 3.8) is 0 Å². The van der Waals surface area contributed by atoms with Crippen LogP contribution in [0.5, 0.6) is 0 Å². The maximum atomic E-state index is 13.6. The summed E-state index contributed by atoms with van der Waals surface area (Å²) in [5, 5.41) is 25.8. The van der Waals surface area contributed by atoms with Crippen LogP contribution in [0.25, 0.3) is 22.9 Å². The summed E-state index contributed by atoms with van der Waals surface area (Å²) in [4.78, 5) is 24.7. The summed E-state index contributed by atoms with van der Waals surface area (Å²) in [7, 11) is 1.29. The number of nitrogens with one attached hydrogen (secondary N) is 2. The number of carbonyl (C=O) groups excluding carboxylic acids is 2. The molecule has 5 aromatic rings.